The molecule has 7 nitrogen and oxygen atoms in total. The van der Waals surface area contributed by atoms with Crippen molar-refractivity contribution < 1.29 is 13.2 Å². The number of hydrazone groups is 1. The first kappa shape index (κ1) is 27.6. The van der Waals surface area contributed by atoms with Crippen LogP contribution in [0.1, 0.15) is 22.5 Å². The second kappa shape index (κ2) is 11.6. The highest BCUT2D eigenvalue weighted by Crippen LogP contribution is 2.28. The molecule has 0 fully saturated rings. The van der Waals surface area contributed by atoms with Crippen molar-refractivity contribution in [3.63, 3.8) is 0 Å². The van der Waals surface area contributed by atoms with Crippen molar-refractivity contribution in [3.05, 3.63) is 111 Å². The fraction of sp³-hybridized carbons (Fsp3) is 0.143. The van der Waals surface area contributed by atoms with Gasteiger partial charge >= 0.3 is 0 Å². The molecule has 0 spiro atoms. The van der Waals surface area contributed by atoms with Crippen molar-refractivity contribution in [2.24, 2.45) is 5.10 Å². The van der Waals surface area contributed by atoms with Gasteiger partial charge in [0.2, 0.25) is 0 Å². The Bertz CT molecular complexity index is 1620. The minimum Gasteiger partial charge on any atom is -0.318 e. The monoisotopic (exact) mass is 612 g/mol. The van der Waals surface area contributed by atoms with E-state index in [4.69, 9.17) is 11.6 Å². The number of carbonyl (C=O) groups is 1. The molecular formula is C28H26BrClN4O3S. The lowest BCUT2D eigenvalue weighted by atomic mass is 10.2. The summed E-state index contributed by atoms with van der Waals surface area (Å²) in [6.45, 7) is 5.29. The van der Waals surface area contributed by atoms with Crippen LogP contribution in [-0.2, 0) is 14.8 Å². The number of halogens is 2. The molecule has 0 aliphatic heterocycles. The summed E-state index contributed by atoms with van der Waals surface area (Å²) >= 11 is 9.78. The molecule has 0 unspecified atom stereocenters. The first-order valence-corrected chi connectivity index (χ1v) is 14.3. The van der Waals surface area contributed by atoms with Crippen LogP contribution < -0.4 is 9.73 Å². The lowest BCUT2D eigenvalue weighted by Crippen LogP contribution is -2.39. The van der Waals surface area contributed by atoms with Crippen LogP contribution in [-0.4, -0.2) is 31.7 Å². The fourth-order valence-corrected chi connectivity index (χ4v) is 6.04. The summed E-state index contributed by atoms with van der Waals surface area (Å²) in [7, 11) is -4.04. The zero-order valence-corrected chi connectivity index (χ0v) is 24.2. The Hall–Kier alpha value is -3.40. The van der Waals surface area contributed by atoms with Gasteiger partial charge in [-0.25, -0.2) is 13.8 Å². The van der Waals surface area contributed by atoms with Gasteiger partial charge in [-0.3, -0.25) is 9.10 Å². The molecule has 1 N–H and O–H groups in total. The maximum Gasteiger partial charge on any atom is 0.264 e. The molecule has 4 aromatic rings. The van der Waals surface area contributed by atoms with Crippen LogP contribution in [0.15, 0.2) is 93.3 Å². The lowest BCUT2D eigenvalue weighted by Gasteiger charge is -2.24. The molecule has 1 aromatic heterocycles. The zero-order valence-electron chi connectivity index (χ0n) is 21.0. The average molecular weight is 614 g/mol. The number of carbonyl (C=O) groups excluding carboxylic acids is 1. The molecule has 0 atom stereocenters. The highest BCUT2D eigenvalue weighted by atomic mass is 79.9. The number of hydrogen-bond acceptors (Lipinski definition) is 4. The van der Waals surface area contributed by atoms with E-state index in [1.807, 2.05) is 51.1 Å². The predicted octanol–water partition coefficient (Wildman–Crippen LogP) is 6.16. The number of aromatic nitrogens is 1. The Balaban J connectivity index is 1.56. The number of anilines is 1. The smallest absolute Gasteiger partial charge is 0.264 e. The third kappa shape index (κ3) is 6.01. The molecule has 0 bridgehead atoms. The zero-order chi connectivity index (χ0) is 27.4. The lowest BCUT2D eigenvalue weighted by molar-refractivity contribution is -0.119. The number of benzene rings is 3. The van der Waals surface area contributed by atoms with Gasteiger partial charge in [-0.15, -0.1) is 0 Å². The largest absolute Gasteiger partial charge is 0.318 e. The highest BCUT2D eigenvalue weighted by Gasteiger charge is 2.27. The minimum atomic E-state index is -4.04. The summed E-state index contributed by atoms with van der Waals surface area (Å²) in [6, 6.07) is 22.7. The number of nitrogens with zero attached hydrogens (tertiary/aromatic N) is 3. The molecular weight excluding hydrogens is 588 g/mol. The maximum atomic E-state index is 13.5. The van der Waals surface area contributed by atoms with E-state index < -0.39 is 22.5 Å². The van der Waals surface area contributed by atoms with Gasteiger partial charge in [0.1, 0.15) is 6.54 Å². The van der Waals surface area contributed by atoms with Crippen molar-refractivity contribution in [1.29, 1.82) is 0 Å². The molecule has 0 aliphatic rings. The summed E-state index contributed by atoms with van der Waals surface area (Å²) in [4.78, 5) is 13.0. The van der Waals surface area contributed by atoms with E-state index >= 15 is 0 Å². The SMILES string of the molecule is Cc1ccc(N(CC(=O)N/N=C/c2cc(C)n(-c3cccc(Br)c3)c2C)S(=O)(=O)c2ccccc2)cc1Cl. The van der Waals surface area contributed by atoms with Crippen LogP contribution >= 0.6 is 27.5 Å². The van der Waals surface area contributed by atoms with Gasteiger partial charge in [0, 0.05) is 32.1 Å². The van der Waals surface area contributed by atoms with Crippen LogP contribution in [0.4, 0.5) is 5.69 Å². The fourth-order valence-electron chi connectivity index (χ4n) is 4.04. The summed E-state index contributed by atoms with van der Waals surface area (Å²) < 4.78 is 31.0. The van der Waals surface area contributed by atoms with Crippen molar-refractivity contribution >= 4 is 55.4 Å². The van der Waals surface area contributed by atoms with Crippen LogP contribution in [0, 0.1) is 20.8 Å². The van der Waals surface area contributed by atoms with E-state index in [9.17, 15) is 13.2 Å². The highest BCUT2D eigenvalue weighted by molar-refractivity contribution is 9.10. The molecule has 1 amide bonds. The number of hydrogen-bond donors (Lipinski definition) is 1. The molecule has 0 saturated carbocycles. The van der Waals surface area contributed by atoms with Gasteiger partial charge in [0.15, 0.2) is 0 Å². The second-order valence-corrected chi connectivity index (χ2v) is 11.9. The third-order valence-electron chi connectivity index (χ3n) is 5.99. The summed E-state index contributed by atoms with van der Waals surface area (Å²) in [5, 5.41) is 4.50. The van der Waals surface area contributed by atoms with Gasteiger partial charge in [0.05, 0.1) is 16.8 Å². The molecule has 0 radical (unpaired) electrons. The van der Waals surface area contributed by atoms with Crippen LogP contribution in [0.5, 0.6) is 0 Å². The Labute approximate surface area is 235 Å². The molecule has 0 aliphatic carbocycles. The molecule has 10 heteroatoms. The minimum absolute atomic E-state index is 0.0630. The van der Waals surface area contributed by atoms with E-state index in [0.29, 0.717) is 5.02 Å². The quantitative estimate of drug-likeness (QED) is 0.191. The van der Waals surface area contributed by atoms with E-state index in [1.165, 1.54) is 18.2 Å². The van der Waals surface area contributed by atoms with Gasteiger partial charge in [-0.2, -0.15) is 5.10 Å². The normalized spacial score (nSPS) is 11.6. The van der Waals surface area contributed by atoms with E-state index in [-0.39, 0.29) is 10.6 Å². The molecule has 3 aromatic carbocycles. The maximum absolute atomic E-state index is 13.5. The van der Waals surface area contributed by atoms with Crippen molar-refractivity contribution in [2.75, 3.05) is 10.8 Å². The molecule has 4 rings (SSSR count). The van der Waals surface area contributed by atoms with E-state index in [2.05, 4.69) is 31.0 Å². The van der Waals surface area contributed by atoms with Gasteiger partial charge in [0.25, 0.3) is 15.9 Å². The van der Waals surface area contributed by atoms with Crippen LogP contribution in [0.3, 0.4) is 0 Å². The van der Waals surface area contributed by atoms with Gasteiger partial charge < -0.3 is 4.57 Å². The number of nitrogens with one attached hydrogen (secondary N) is 1. The first-order chi connectivity index (χ1) is 18.1. The first-order valence-electron chi connectivity index (χ1n) is 11.7. The van der Waals surface area contributed by atoms with E-state index in [0.717, 1.165) is 37.0 Å². The Morgan fingerprint density at radius 2 is 1.76 bits per heavy atom. The number of aryl methyl sites for hydroxylation is 2. The van der Waals surface area contributed by atoms with Crippen molar-refractivity contribution in [3.8, 4) is 5.69 Å². The van der Waals surface area contributed by atoms with E-state index in [1.54, 1.807) is 36.5 Å². The van der Waals surface area contributed by atoms with Gasteiger partial charge in [-0.05, 0) is 74.9 Å². The number of rotatable bonds is 8. The number of amides is 1. The predicted molar refractivity (Wildman–Crippen MR) is 156 cm³/mol. The van der Waals surface area contributed by atoms with Crippen LogP contribution in [0.25, 0.3) is 5.69 Å². The van der Waals surface area contributed by atoms with Crippen molar-refractivity contribution in [2.45, 2.75) is 25.7 Å². The second-order valence-electron chi connectivity index (χ2n) is 8.69. The summed E-state index contributed by atoms with van der Waals surface area (Å²) in [5.74, 6) is -0.599. The molecule has 1 heterocycles. The third-order valence-corrected chi connectivity index (χ3v) is 8.68. The molecule has 38 heavy (non-hydrogen) atoms. The Morgan fingerprint density at radius 1 is 1.03 bits per heavy atom. The Kier molecular flexibility index (Phi) is 8.40. The van der Waals surface area contributed by atoms with Gasteiger partial charge in [-0.1, -0.05) is 57.9 Å². The topological polar surface area (TPSA) is 83.8 Å². The summed E-state index contributed by atoms with van der Waals surface area (Å²) in [5.41, 5.74) is 7.30. The Morgan fingerprint density at radius 3 is 2.45 bits per heavy atom. The molecule has 0 saturated heterocycles. The summed E-state index contributed by atoms with van der Waals surface area (Å²) in [6.07, 6.45) is 1.55. The molecule has 196 valence electrons. The average Bonchev–Trinajstić information content (AvgIpc) is 3.17. The van der Waals surface area contributed by atoms with Crippen molar-refractivity contribution in [1.82, 2.24) is 9.99 Å². The van der Waals surface area contributed by atoms with Crippen LogP contribution in [0.2, 0.25) is 5.02 Å². The number of sulfonamides is 1. The standard InChI is InChI=1S/C28H26BrClN4O3S/c1-19-12-13-24(16-27(19)30)33(38(36,37)26-10-5-4-6-11-26)18-28(35)32-31-17-22-14-20(2)34(21(22)3)25-9-7-8-23(29)15-25/h4-17H,18H2,1-3H3,(H,32,35)/b31-17+.